The molecule has 3 rings (SSSR count). The van der Waals surface area contributed by atoms with Crippen LogP contribution in [0.2, 0.25) is 0 Å². The summed E-state index contributed by atoms with van der Waals surface area (Å²) in [5.41, 5.74) is 8.63. The second-order valence-corrected chi connectivity index (χ2v) is 6.83. The Hall–Kier alpha value is -1.35. The first-order valence-electron chi connectivity index (χ1n) is 8.29. The van der Waals surface area contributed by atoms with Crippen LogP contribution in [-0.4, -0.2) is 29.4 Å². The van der Waals surface area contributed by atoms with E-state index in [4.69, 9.17) is 5.73 Å². The molecule has 2 fully saturated rings. The highest BCUT2D eigenvalue weighted by Gasteiger charge is 2.37. The molecule has 1 amide bonds. The van der Waals surface area contributed by atoms with Gasteiger partial charge in [-0.15, -0.1) is 0 Å². The van der Waals surface area contributed by atoms with Gasteiger partial charge in [0.1, 0.15) is 0 Å². The third-order valence-electron chi connectivity index (χ3n) is 4.75. The minimum atomic E-state index is 0.0351. The zero-order valence-corrected chi connectivity index (χ0v) is 12.8. The lowest BCUT2D eigenvalue weighted by atomic mass is 10.0. The fraction of sp³-hybridized carbons (Fsp3) is 0.611. The highest BCUT2D eigenvalue weighted by Crippen LogP contribution is 2.35. The van der Waals surface area contributed by atoms with Crippen LogP contribution in [-0.2, 0) is 17.6 Å². The van der Waals surface area contributed by atoms with Crippen molar-refractivity contribution in [2.45, 2.75) is 56.9 Å². The lowest BCUT2D eigenvalue weighted by Gasteiger charge is -2.20. The van der Waals surface area contributed by atoms with Crippen LogP contribution in [0.4, 0.5) is 0 Å². The van der Waals surface area contributed by atoms with Gasteiger partial charge >= 0.3 is 0 Å². The van der Waals surface area contributed by atoms with E-state index in [9.17, 15) is 4.79 Å². The van der Waals surface area contributed by atoms with E-state index in [1.807, 2.05) is 4.90 Å². The summed E-state index contributed by atoms with van der Waals surface area (Å²) in [5, 5.41) is 0. The van der Waals surface area contributed by atoms with Gasteiger partial charge in [0.25, 0.3) is 0 Å². The molecule has 3 nitrogen and oxygen atoms in total. The molecule has 0 unspecified atom stereocenters. The zero-order valence-electron chi connectivity index (χ0n) is 12.8. The quantitative estimate of drug-likeness (QED) is 0.925. The van der Waals surface area contributed by atoms with Gasteiger partial charge in [-0.3, -0.25) is 4.79 Å². The van der Waals surface area contributed by atoms with Crippen molar-refractivity contribution in [1.29, 1.82) is 0 Å². The molecule has 0 bridgehead atoms. The van der Waals surface area contributed by atoms with Crippen LogP contribution >= 0.6 is 0 Å². The van der Waals surface area contributed by atoms with Crippen molar-refractivity contribution in [1.82, 2.24) is 4.90 Å². The predicted molar refractivity (Wildman–Crippen MR) is 85.1 cm³/mol. The second kappa shape index (κ2) is 6.18. The number of likely N-dealkylation sites (tertiary alicyclic amines) is 1. The summed E-state index contributed by atoms with van der Waals surface area (Å²) in [5.74, 6) is 0.280. The fourth-order valence-electron chi connectivity index (χ4n) is 3.20. The van der Waals surface area contributed by atoms with Gasteiger partial charge in [0.2, 0.25) is 5.91 Å². The molecule has 1 aliphatic carbocycles. The molecule has 114 valence electrons. The number of benzene rings is 1. The lowest BCUT2D eigenvalue weighted by Crippen LogP contribution is -2.33. The van der Waals surface area contributed by atoms with Crippen LogP contribution in [0.5, 0.6) is 0 Å². The molecule has 0 radical (unpaired) electrons. The minimum Gasteiger partial charge on any atom is -0.342 e. The molecule has 0 aromatic heterocycles. The van der Waals surface area contributed by atoms with E-state index in [0.717, 1.165) is 50.8 Å². The highest BCUT2D eigenvalue weighted by atomic mass is 16.2. The number of carbonyl (C=O) groups excluding carboxylic acids is 1. The van der Waals surface area contributed by atoms with Crippen molar-refractivity contribution in [3.63, 3.8) is 0 Å². The van der Waals surface area contributed by atoms with Gasteiger partial charge in [0.05, 0.1) is 6.42 Å². The Balaban J connectivity index is 1.61. The number of hydrogen-bond acceptors (Lipinski definition) is 2. The molecule has 1 heterocycles. The van der Waals surface area contributed by atoms with E-state index >= 15 is 0 Å². The van der Waals surface area contributed by atoms with Gasteiger partial charge in [-0.1, -0.05) is 37.1 Å². The van der Waals surface area contributed by atoms with E-state index in [1.165, 1.54) is 18.4 Å². The smallest absolute Gasteiger partial charge is 0.226 e. The summed E-state index contributed by atoms with van der Waals surface area (Å²) >= 11 is 0. The molecule has 1 saturated carbocycles. The van der Waals surface area contributed by atoms with Gasteiger partial charge in [0, 0.05) is 18.6 Å². The topological polar surface area (TPSA) is 46.3 Å². The van der Waals surface area contributed by atoms with Crippen LogP contribution < -0.4 is 5.73 Å². The lowest BCUT2D eigenvalue weighted by molar-refractivity contribution is -0.130. The first kappa shape index (κ1) is 14.6. The maximum Gasteiger partial charge on any atom is 0.226 e. The number of hydrogen-bond donors (Lipinski definition) is 1. The van der Waals surface area contributed by atoms with E-state index < -0.39 is 0 Å². The van der Waals surface area contributed by atoms with Crippen LogP contribution in [0.1, 0.15) is 49.7 Å². The SMILES string of the molecule is NC1(Cc2cccc(CC(=O)N3CCCCCC3)c2)CC1. The third-order valence-corrected chi connectivity index (χ3v) is 4.75. The molecule has 1 aromatic carbocycles. The Morgan fingerprint density at radius 2 is 1.76 bits per heavy atom. The summed E-state index contributed by atoms with van der Waals surface area (Å²) in [7, 11) is 0. The molecule has 3 heteroatoms. The molecule has 2 N–H and O–H groups in total. The molecular formula is C18H26N2O. The molecule has 1 saturated heterocycles. The van der Waals surface area contributed by atoms with Crippen molar-refractivity contribution in [3.8, 4) is 0 Å². The number of rotatable bonds is 4. The maximum atomic E-state index is 12.4. The Labute approximate surface area is 127 Å². The van der Waals surface area contributed by atoms with E-state index in [0.29, 0.717) is 6.42 Å². The summed E-state index contributed by atoms with van der Waals surface area (Å²) in [6, 6.07) is 8.43. The van der Waals surface area contributed by atoms with Crippen LogP contribution in [0.25, 0.3) is 0 Å². The van der Waals surface area contributed by atoms with Gasteiger partial charge in [0.15, 0.2) is 0 Å². The number of amides is 1. The first-order valence-corrected chi connectivity index (χ1v) is 8.29. The molecule has 2 aliphatic rings. The monoisotopic (exact) mass is 286 g/mol. The number of carbonyl (C=O) groups is 1. The van der Waals surface area contributed by atoms with Crippen molar-refractivity contribution in [2.75, 3.05) is 13.1 Å². The van der Waals surface area contributed by atoms with Gasteiger partial charge < -0.3 is 10.6 Å². The standard InChI is InChI=1S/C18H26N2O/c19-18(8-9-18)14-16-7-5-6-15(12-16)13-17(21)20-10-3-1-2-4-11-20/h5-7,12H,1-4,8-11,13-14,19H2. The molecular weight excluding hydrogens is 260 g/mol. The highest BCUT2D eigenvalue weighted by molar-refractivity contribution is 5.78. The normalized spacial score (nSPS) is 20.9. The van der Waals surface area contributed by atoms with Gasteiger partial charge in [-0.05, 0) is 43.2 Å². The predicted octanol–water partition coefficient (Wildman–Crippen LogP) is 2.67. The summed E-state index contributed by atoms with van der Waals surface area (Å²) in [4.78, 5) is 14.5. The molecule has 21 heavy (non-hydrogen) atoms. The summed E-state index contributed by atoms with van der Waals surface area (Å²) in [6.45, 7) is 1.87. The van der Waals surface area contributed by atoms with E-state index in [2.05, 4.69) is 24.3 Å². The largest absolute Gasteiger partial charge is 0.342 e. The van der Waals surface area contributed by atoms with Crippen LogP contribution in [0.3, 0.4) is 0 Å². The van der Waals surface area contributed by atoms with Crippen molar-refractivity contribution >= 4 is 5.91 Å². The van der Waals surface area contributed by atoms with Crippen molar-refractivity contribution in [3.05, 3.63) is 35.4 Å². The molecule has 1 aromatic rings. The Morgan fingerprint density at radius 1 is 1.10 bits per heavy atom. The molecule has 0 spiro atoms. The van der Waals surface area contributed by atoms with E-state index in [-0.39, 0.29) is 11.4 Å². The zero-order chi connectivity index (χ0) is 14.7. The Bertz CT molecular complexity index is 500. The number of nitrogens with zero attached hydrogens (tertiary/aromatic N) is 1. The minimum absolute atomic E-state index is 0.0351. The Morgan fingerprint density at radius 3 is 2.43 bits per heavy atom. The van der Waals surface area contributed by atoms with Crippen molar-refractivity contribution in [2.24, 2.45) is 5.73 Å². The van der Waals surface area contributed by atoms with Crippen LogP contribution in [0, 0.1) is 0 Å². The second-order valence-electron chi connectivity index (χ2n) is 6.83. The average Bonchev–Trinajstić information content (AvgIpc) is 3.22. The van der Waals surface area contributed by atoms with Crippen LogP contribution in [0.15, 0.2) is 24.3 Å². The van der Waals surface area contributed by atoms with Crippen molar-refractivity contribution < 1.29 is 4.79 Å². The number of nitrogens with two attached hydrogens (primary N) is 1. The maximum absolute atomic E-state index is 12.4. The average molecular weight is 286 g/mol. The first-order chi connectivity index (χ1) is 10.1. The van der Waals surface area contributed by atoms with Gasteiger partial charge in [-0.2, -0.15) is 0 Å². The summed E-state index contributed by atoms with van der Waals surface area (Å²) < 4.78 is 0. The third kappa shape index (κ3) is 4.07. The Kier molecular flexibility index (Phi) is 4.29. The molecule has 1 aliphatic heterocycles. The summed E-state index contributed by atoms with van der Waals surface area (Å²) in [6.07, 6.45) is 8.57. The van der Waals surface area contributed by atoms with Gasteiger partial charge in [-0.25, -0.2) is 0 Å². The van der Waals surface area contributed by atoms with E-state index in [1.54, 1.807) is 0 Å². The fourth-order valence-corrected chi connectivity index (χ4v) is 3.20. The molecule has 0 atom stereocenters.